The summed E-state index contributed by atoms with van der Waals surface area (Å²) in [6.45, 7) is 13.1. The van der Waals surface area contributed by atoms with Gasteiger partial charge in [0.2, 0.25) is 25.6 Å². The topological polar surface area (TPSA) is 122 Å². The Balaban J connectivity index is 0.000000648. The maximum atomic E-state index is 12.6. The van der Waals surface area contributed by atoms with Gasteiger partial charge in [-0.15, -0.1) is 0 Å². The largest absolute Gasteiger partial charge is 0.376 e. The lowest BCUT2D eigenvalue weighted by molar-refractivity contribution is -0.116. The molecule has 0 spiro atoms. The predicted molar refractivity (Wildman–Crippen MR) is 226 cm³/mol. The molecule has 0 unspecified atom stereocenters. The maximum absolute atomic E-state index is 12.6. The fourth-order valence-corrected chi connectivity index (χ4v) is 5.56. The Labute approximate surface area is 335 Å². The van der Waals surface area contributed by atoms with E-state index in [0.29, 0.717) is 22.3 Å². The van der Waals surface area contributed by atoms with E-state index in [0.717, 1.165) is 36.8 Å². The fraction of sp³-hybridized carbons (Fsp3) is 0.391. The Morgan fingerprint density at radius 1 is 0.393 bits per heavy atom. The third kappa shape index (κ3) is 12.9. The number of aliphatic hydroxyl groups is 2. The molecule has 0 saturated heterocycles. The summed E-state index contributed by atoms with van der Waals surface area (Å²) in [4.78, 5) is 43.5. The number of carbonyl (C=O) groups is 4. The highest BCUT2D eigenvalue weighted by atomic mass is 16.3. The third-order valence-corrected chi connectivity index (χ3v) is 8.59. The Morgan fingerprint density at radius 3 is 0.714 bits per heavy atom. The van der Waals surface area contributed by atoms with Gasteiger partial charge in [-0.05, 0) is 55.3 Å². The Kier molecular flexibility index (Phi) is 18.4. The van der Waals surface area contributed by atoms with E-state index < -0.39 is 11.2 Å². The van der Waals surface area contributed by atoms with Gasteiger partial charge in [-0.3, -0.25) is 19.2 Å². The number of hydrogen-bond donors (Lipinski definition) is 2. The monoisotopic (exact) mass is 768 g/mol. The Hall–Kier alpha value is -5.32. The zero-order valence-corrected chi connectivity index (χ0v) is 35.9. The van der Waals surface area contributed by atoms with Crippen LogP contribution in [0.5, 0.6) is 0 Å². The van der Waals surface area contributed by atoms with Gasteiger partial charge in [0.1, 0.15) is 11.2 Å². The number of nitrogens with zero attached hydrogens (tertiary/aromatic N) is 4. The lowest BCUT2D eigenvalue weighted by Crippen LogP contribution is -2.44. The van der Waals surface area contributed by atoms with Gasteiger partial charge in [0.05, 0.1) is 0 Å². The molecule has 0 atom stereocenters. The van der Waals surface area contributed by atoms with Crippen molar-refractivity contribution in [3.05, 3.63) is 142 Å². The molecule has 56 heavy (non-hydrogen) atoms. The molecule has 4 amide bonds. The summed E-state index contributed by atoms with van der Waals surface area (Å²) in [6.07, 6.45) is 3.00. The molecule has 0 aliphatic heterocycles. The van der Waals surface area contributed by atoms with Gasteiger partial charge >= 0.3 is 0 Å². The minimum atomic E-state index is -1.39. The summed E-state index contributed by atoms with van der Waals surface area (Å²) in [7, 11) is 13.5. The molecule has 10 heteroatoms. The number of carbonyl (C=O) groups excluding carboxylic acids is 4. The zero-order chi connectivity index (χ0) is 43.1. The van der Waals surface area contributed by atoms with Crippen molar-refractivity contribution in [1.82, 2.24) is 19.6 Å². The Morgan fingerprint density at radius 2 is 0.571 bits per heavy atom. The summed E-state index contributed by atoms with van der Waals surface area (Å²) >= 11 is 0. The standard InChI is InChI=1S/C34H36O2.4C3H7NO/c1-31(2,3)23-15-19-25(20-16-23)33(35)27-11-7-9-13-29(27)34(36,30-14-10-8-12-28(30)33)26-21-17-24(18-22-26)32(4,5)6;4*1-4(2)3-5/h7-22,35-36H,1-6H3;4*3H,1-2H3. The van der Waals surface area contributed by atoms with Crippen molar-refractivity contribution in [3.8, 4) is 0 Å². The van der Waals surface area contributed by atoms with E-state index in [1.807, 2.05) is 72.8 Å². The predicted octanol–water partition coefficient (Wildman–Crippen LogP) is 5.98. The quantitative estimate of drug-likeness (QED) is 0.233. The van der Waals surface area contributed by atoms with Crippen LogP contribution in [0.15, 0.2) is 97.1 Å². The summed E-state index contributed by atoms with van der Waals surface area (Å²) in [6, 6.07) is 32.0. The van der Waals surface area contributed by atoms with Gasteiger partial charge < -0.3 is 29.8 Å². The van der Waals surface area contributed by atoms with E-state index in [1.54, 1.807) is 56.4 Å². The van der Waals surface area contributed by atoms with E-state index in [2.05, 4.69) is 65.8 Å². The molecule has 4 aromatic rings. The van der Waals surface area contributed by atoms with Crippen LogP contribution in [0.1, 0.15) is 86.1 Å². The van der Waals surface area contributed by atoms with E-state index >= 15 is 0 Å². The van der Waals surface area contributed by atoms with E-state index in [9.17, 15) is 29.4 Å². The first-order chi connectivity index (χ1) is 26.0. The molecule has 2 N–H and O–H groups in total. The van der Waals surface area contributed by atoms with Crippen LogP contribution in [-0.4, -0.2) is 112 Å². The second-order valence-corrected chi connectivity index (χ2v) is 16.4. The molecule has 304 valence electrons. The smallest absolute Gasteiger partial charge is 0.209 e. The second-order valence-electron chi connectivity index (χ2n) is 16.4. The molecule has 0 saturated carbocycles. The first kappa shape index (κ1) is 48.7. The van der Waals surface area contributed by atoms with Crippen molar-refractivity contribution >= 4 is 25.6 Å². The van der Waals surface area contributed by atoms with Crippen LogP contribution in [0.4, 0.5) is 0 Å². The van der Waals surface area contributed by atoms with Crippen LogP contribution in [0.2, 0.25) is 0 Å². The van der Waals surface area contributed by atoms with E-state index in [-0.39, 0.29) is 10.8 Å². The zero-order valence-electron chi connectivity index (χ0n) is 35.9. The van der Waals surface area contributed by atoms with Crippen LogP contribution in [-0.2, 0) is 41.2 Å². The van der Waals surface area contributed by atoms with Crippen LogP contribution >= 0.6 is 0 Å². The lowest BCUT2D eigenvalue weighted by Gasteiger charge is -2.45. The van der Waals surface area contributed by atoms with Crippen molar-refractivity contribution < 1.29 is 29.4 Å². The highest BCUT2D eigenvalue weighted by molar-refractivity contribution is 5.65. The number of benzene rings is 4. The average molecular weight is 769 g/mol. The molecule has 0 bridgehead atoms. The lowest BCUT2D eigenvalue weighted by atomic mass is 9.63. The molecule has 4 aromatic carbocycles. The molecule has 1 aliphatic rings. The van der Waals surface area contributed by atoms with Gasteiger partial charge in [0.25, 0.3) is 0 Å². The summed E-state index contributed by atoms with van der Waals surface area (Å²) in [5.74, 6) is 0. The summed E-state index contributed by atoms with van der Waals surface area (Å²) in [5.41, 5.74) is 4.08. The molecule has 0 radical (unpaired) electrons. The highest BCUT2D eigenvalue weighted by Crippen LogP contribution is 2.53. The SMILES string of the molecule is CC(C)(C)c1ccc(C2(O)c3ccccc3C(O)(c3ccc(C(C)(C)C)cc3)c3ccccc32)cc1.CN(C)C=O.CN(C)C=O.CN(C)C=O.CN(C)C=O. The Bertz CT molecular complexity index is 1620. The second kappa shape index (κ2) is 21.1. The average Bonchev–Trinajstić information content (AvgIpc) is 3.17. The van der Waals surface area contributed by atoms with Crippen molar-refractivity contribution in [3.63, 3.8) is 0 Å². The van der Waals surface area contributed by atoms with Crippen LogP contribution in [0.25, 0.3) is 0 Å². The number of rotatable bonds is 6. The number of fused-ring (bicyclic) bond motifs is 2. The first-order valence-corrected chi connectivity index (χ1v) is 18.3. The van der Waals surface area contributed by atoms with Gasteiger partial charge in [-0.2, -0.15) is 0 Å². The van der Waals surface area contributed by atoms with Gasteiger partial charge in [0, 0.05) is 56.4 Å². The van der Waals surface area contributed by atoms with E-state index in [4.69, 9.17) is 0 Å². The van der Waals surface area contributed by atoms with Crippen molar-refractivity contribution in [2.24, 2.45) is 0 Å². The minimum absolute atomic E-state index is 0.0169. The van der Waals surface area contributed by atoms with Crippen LogP contribution in [0.3, 0.4) is 0 Å². The summed E-state index contributed by atoms with van der Waals surface area (Å²) < 4.78 is 0. The molecular formula is C46H64N4O6. The molecule has 1 aliphatic carbocycles. The van der Waals surface area contributed by atoms with Crippen molar-refractivity contribution in [1.29, 1.82) is 0 Å². The molecule has 0 fully saturated rings. The van der Waals surface area contributed by atoms with Gasteiger partial charge in [-0.1, -0.05) is 139 Å². The minimum Gasteiger partial charge on any atom is -0.376 e. The number of hydrogen-bond acceptors (Lipinski definition) is 6. The maximum Gasteiger partial charge on any atom is 0.209 e. The van der Waals surface area contributed by atoms with Crippen molar-refractivity contribution in [2.45, 2.75) is 63.6 Å². The fourth-order valence-electron chi connectivity index (χ4n) is 5.56. The molecule has 10 nitrogen and oxygen atoms in total. The van der Waals surface area contributed by atoms with Gasteiger partial charge in [0.15, 0.2) is 0 Å². The molecule has 0 aromatic heterocycles. The highest BCUT2D eigenvalue weighted by Gasteiger charge is 2.50. The van der Waals surface area contributed by atoms with Gasteiger partial charge in [-0.25, -0.2) is 0 Å². The summed E-state index contributed by atoms with van der Waals surface area (Å²) in [5, 5.41) is 25.1. The molecular weight excluding hydrogens is 705 g/mol. The van der Waals surface area contributed by atoms with Crippen molar-refractivity contribution in [2.75, 3.05) is 56.4 Å². The van der Waals surface area contributed by atoms with Crippen LogP contribution in [0, 0.1) is 0 Å². The third-order valence-electron chi connectivity index (χ3n) is 8.59. The molecule has 0 heterocycles. The number of amides is 4. The van der Waals surface area contributed by atoms with E-state index in [1.165, 1.54) is 30.7 Å². The molecule has 5 rings (SSSR count). The first-order valence-electron chi connectivity index (χ1n) is 18.3. The van der Waals surface area contributed by atoms with Crippen LogP contribution < -0.4 is 0 Å². The normalized spacial score (nSPS) is 16.3.